The zero-order valence-corrected chi connectivity index (χ0v) is 17.3. The monoisotopic (exact) mass is 422 g/mol. The maximum Gasteiger partial charge on any atom is 0.240 e. The Kier molecular flexibility index (Phi) is 5.37. The zero-order chi connectivity index (χ0) is 20.4. The average Bonchev–Trinajstić information content (AvgIpc) is 2.72. The van der Waals surface area contributed by atoms with E-state index in [0.29, 0.717) is 5.02 Å². The lowest BCUT2D eigenvalue weighted by molar-refractivity contribution is 0.581. The lowest BCUT2D eigenvalue weighted by atomic mass is 10.0. The summed E-state index contributed by atoms with van der Waals surface area (Å²) < 4.78 is 28.4. The Labute approximate surface area is 175 Å². The topological polar surface area (TPSA) is 59.1 Å². The minimum atomic E-state index is -3.65. The summed E-state index contributed by atoms with van der Waals surface area (Å²) >= 11 is 6.08. The SMILES string of the molecule is Cc1cc(S(=O)(=O)NCc2ccnc3ccccc23)ccc1-c1cccc(Cl)c1. The number of aryl methyl sites for hydroxylation is 1. The van der Waals surface area contributed by atoms with E-state index in [1.807, 2.05) is 67.6 Å². The van der Waals surface area contributed by atoms with Gasteiger partial charge in [0.2, 0.25) is 10.0 Å². The van der Waals surface area contributed by atoms with Crippen LogP contribution >= 0.6 is 11.6 Å². The predicted molar refractivity (Wildman–Crippen MR) is 117 cm³/mol. The van der Waals surface area contributed by atoms with Gasteiger partial charge in [-0.05, 0) is 65.6 Å². The van der Waals surface area contributed by atoms with Crippen LogP contribution in [0.15, 0.2) is 83.9 Å². The second kappa shape index (κ2) is 7.95. The van der Waals surface area contributed by atoms with E-state index in [4.69, 9.17) is 11.6 Å². The molecular weight excluding hydrogens is 404 g/mol. The Morgan fingerprint density at radius 2 is 1.79 bits per heavy atom. The molecule has 0 spiro atoms. The largest absolute Gasteiger partial charge is 0.256 e. The van der Waals surface area contributed by atoms with Crippen molar-refractivity contribution in [3.63, 3.8) is 0 Å². The number of aromatic nitrogens is 1. The molecule has 0 unspecified atom stereocenters. The third-order valence-corrected chi connectivity index (χ3v) is 6.47. The van der Waals surface area contributed by atoms with Crippen molar-refractivity contribution in [2.24, 2.45) is 0 Å². The van der Waals surface area contributed by atoms with Crippen LogP contribution in [0.2, 0.25) is 5.02 Å². The van der Waals surface area contributed by atoms with E-state index >= 15 is 0 Å². The Morgan fingerprint density at radius 3 is 2.59 bits per heavy atom. The van der Waals surface area contributed by atoms with Crippen molar-refractivity contribution in [3.05, 3.63) is 95.1 Å². The van der Waals surface area contributed by atoms with Crippen molar-refractivity contribution in [1.29, 1.82) is 0 Å². The Bertz CT molecular complexity index is 1300. The first-order valence-corrected chi connectivity index (χ1v) is 11.0. The normalized spacial score (nSPS) is 11.7. The van der Waals surface area contributed by atoms with E-state index < -0.39 is 10.0 Å². The molecule has 0 saturated heterocycles. The van der Waals surface area contributed by atoms with Crippen LogP contribution in [0.5, 0.6) is 0 Å². The molecule has 0 fully saturated rings. The van der Waals surface area contributed by atoms with E-state index in [0.717, 1.165) is 33.2 Å². The summed E-state index contributed by atoms with van der Waals surface area (Å²) in [4.78, 5) is 4.55. The molecule has 146 valence electrons. The van der Waals surface area contributed by atoms with Crippen LogP contribution in [0.1, 0.15) is 11.1 Å². The van der Waals surface area contributed by atoms with Gasteiger partial charge >= 0.3 is 0 Å². The van der Waals surface area contributed by atoms with Gasteiger partial charge < -0.3 is 0 Å². The summed E-state index contributed by atoms with van der Waals surface area (Å²) in [6.07, 6.45) is 1.69. The van der Waals surface area contributed by atoms with Crippen molar-refractivity contribution < 1.29 is 8.42 Å². The highest BCUT2D eigenvalue weighted by atomic mass is 35.5. The van der Waals surface area contributed by atoms with E-state index in [1.54, 1.807) is 18.3 Å². The maximum atomic E-state index is 12.8. The van der Waals surface area contributed by atoms with Crippen LogP contribution < -0.4 is 4.72 Å². The standard InChI is InChI=1S/C23H19ClN2O2S/c1-16-13-20(9-10-21(16)17-5-4-6-19(24)14-17)29(27,28)26-15-18-11-12-25-23-8-3-2-7-22(18)23/h2-14,26H,15H2,1H3. The molecule has 1 heterocycles. The molecule has 0 atom stereocenters. The second-order valence-electron chi connectivity index (χ2n) is 6.80. The number of hydrogen-bond donors (Lipinski definition) is 1. The molecule has 0 aliphatic carbocycles. The number of fused-ring (bicyclic) bond motifs is 1. The molecule has 0 saturated carbocycles. The fourth-order valence-electron chi connectivity index (χ4n) is 3.35. The molecule has 6 heteroatoms. The maximum absolute atomic E-state index is 12.8. The molecule has 4 aromatic rings. The third-order valence-electron chi connectivity index (χ3n) is 4.84. The van der Waals surface area contributed by atoms with Gasteiger partial charge in [0.25, 0.3) is 0 Å². The van der Waals surface area contributed by atoms with Gasteiger partial charge in [-0.15, -0.1) is 0 Å². The Morgan fingerprint density at radius 1 is 0.966 bits per heavy atom. The van der Waals surface area contributed by atoms with Crippen LogP contribution in [0, 0.1) is 6.92 Å². The highest BCUT2D eigenvalue weighted by Crippen LogP contribution is 2.28. The van der Waals surface area contributed by atoms with Crippen LogP contribution in [0.25, 0.3) is 22.0 Å². The summed E-state index contributed by atoms with van der Waals surface area (Å²) in [5.74, 6) is 0. The van der Waals surface area contributed by atoms with Crippen molar-refractivity contribution in [2.75, 3.05) is 0 Å². The van der Waals surface area contributed by atoms with Gasteiger partial charge in [-0.1, -0.05) is 48.0 Å². The van der Waals surface area contributed by atoms with Crippen molar-refractivity contribution >= 4 is 32.5 Å². The predicted octanol–water partition coefficient (Wildman–Crippen LogP) is 5.34. The highest BCUT2D eigenvalue weighted by Gasteiger charge is 2.16. The summed E-state index contributed by atoms with van der Waals surface area (Å²) in [7, 11) is -3.65. The molecule has 3 aromatic carbocycles. The van der Waals surface area contributed by atoms with Crippen molar-refractivity contribution in [2.45, 2.75) is 18.4 Å². The lowest BCUT2D eigenvalue weighted by Gasteiger charge is -2.12. The van der Waals surface area contributed by atoms with E-state index in [2.05, 4.69) is 9.71 Å². The summed E-state index contributed by atoms with van der Waals surface area (Å²) in [5.41, 5.74) is 4.49. The van der Waals surface area contributed by atoms with Crippen LogP contribution in [-0.2, 0) is 16.6 Å². The molecule has 0 radical (unpaired) electrons. The summed E-state index contributed by atoms with van der Waals surface area (Å²) in [5, 5.41) is 1.58. The summed E-state index contributed by atoms with van der Waals surface area (Å²) in [6, 6.07) is 22.1. The smallest absolute Gasteiger partial charge is 0.240 e. The number of para-hydroxylation sites is 1. The lowest BCUT2D eigenvalue weighted by Crippen LogP contribution is -2.23. The molecule has 4 rings (SSSR count). The minimum absolute atomic E-state index is 0.195. The summed E-state index contributed by atoms with van der Waals surface area (Å²) in [6.45, 7) is 2.09. The first-order chi connectivity index (χ1) is 13.9. The molecule has 1 aromatic heterocycles. The van der Waals surface area contributed by atoms with Gasteiger partial charge in [0.15, 0.2) is 0 Å². The third kappa shape index (κ3) is 4.17. The van der Waals surface area contributed by atoms with Gasteiger partial charge in [-0.3, -0.25) is 4.98 Å². The molecule has 29 heavy (non-hydrogen) atoms. The highest BCUT2D eigenvalue weighted by molar-refractivity contribution is 7.89. The molecular formula is C23H19ClN2O2S. The fraction of sp³-hybridized carbons (Fsp3) is 0.0870. The average molecular weight is 423 g/mol. The number of nitrogens with zero attached hydrogens (tertiary/aromatic N) is 1. The zero-order valence-electron chi connectivity index (χ0n) is 15.8. The van der Waals surface area contributed by atoms with Gasteiger partial charge in [-0.25, -0.2) is 13.1 Å². The van der Waals surface area contributed by atoms with Crippen LogP contribution in [0.3, 0.4) is 0 Å². The Hall–Kier alpha value is -2.73. The molecule has 0 bridgehead atoms. The second-order valence-corrected chi connectivity index (χ2v) is 9.00. The van der Waals surface area contributed by atoms with E-state index in [1.165, 1.54) is 0 Å². The fourth-order valence-corrected chi connectivity index (χ4v) is 4.63. The quantitative estimate of drug-likeness (QED) is 0.472. The number of hydrogen-bond acceptors (Lipinski definition) is 3. The van der Waals surface area contributed by atoms with E-state index in [9.17, 15) is 8.42 Å². The molecule has 0 aliphatic heterocycles. The van der Waals surface area contributed by atoms with Gasteiger partial charge in [0.05, 0.1) is 10.4 Å². The minimum Gasteiger partial charge on any atom is -0.256 e. The number of pyridine rings is 1. The molecule has 4 nitrogen and oxygen atoms in total. The first-order valence-electron chi connectivity index (χ1n) is 9.13. The van der Waals surface area contributed by atoms with Crippen LogP contribution in [-0.4, -0.2) is 13.4 Å². The van der Waals surface area contributed by atoms with Crippen molar-refractivity contribution in [1.82, 2.24) is 9.71 Å². The molecule has 0 amide bonds. The van der Waals surface area contributed by atoms with Crippen LogP contribution in [0.4, 0.5) is 0 Å². The first kappa shape index (κ1) is 19.6. The number of sulfonamides is 1. The van der Waals surface area contributed by atoms with E-state index in [-0.39, 0.29) is 11.4 Å². The van der Waals surface area contributed by atoms with Gasteiger partial charge in [-0.2, -0.15) is 0 Å². The Balaban J connectivity index is 1.60. The number of halogens is 1. The number of rotatable bonds is 5. The molecule has 1 N–H and O–H groups in total. The number of nitrogens with one attached hydrogen (secondary N) is 1. The van der Waals surface area contributed by atoms with Gasteiger partial charge in [0, 0.05) is 23.2 Å². The number of benzene rings is 3. The molecule has 0 aliphatic rings. The van der Waals surface area contributed by atoms with Gasteiger partial charge in [0.1, 0.15) is 0 Å². The van der Waals surface area contributed by atoms with Crippen molar-refractivity contribution in [3.8, 4) is 11.1 Å².